The van der Waals surface area contributed by atoms with Crippen molar-refractivity contribution in [3.8, 4) is 11.3 Å². The molecular weight excluding hydrogens is 414 g/mol. The fraction of sp³-hybridized carbons (Fsp3) is 0.500. The van der Waals surface area contributed by atoms with Crippen LogP contribution in [0.1, 0.15) is 45.4 Å². The summed E-state index contributed by atoms with van der Waals surface area (Å²) in [5.41, 5.74) is 4.92. The third-order valence-corrected chi connectivity index (χ3v) is 7.27. The first-order valence-corrected chi connectivity index (χ1v) is 12.0. The summed E-state index contributed by atoms with van der Waals surface area (Å²) in [5.74, 6) is 0.929. The molecule has 4 heterocycles. The number of hydrogen-bond acceptors (Lipinski definition) is 5. The highest BCUT2D eigenvalue weighted by Gasteiger charge is 2.34. The van der Waals surface area contributed by atoms with Gasteiger partial charge in [-0.2, -0.15) is 0 Å². The summed E-state index contributed by atoms with van der Waals surface area (Å²) < 4.78 is 5.65. The number of carbonyl (C=O) groups excluding carboxylic acids is 1. The quantitative estimate of drug-likeness (QED) is 0.650. The lowest BCUT2D eigenvalue weighted by atomic mass is 9.87. The molecule has 2 aliphatic rings. The number of nitrogens with one attached hydrogen (secondary N) is 1. The van der Waals surface area contributed by atoms with Crippen molar-refractivity contribution in [3.05, 3.63) is 41.7 Å². The topological polar surface area (TPSA) is 74.3 Å². The molecule has 1 N–H and O–H groups in total. The van der Waals surface area contributed by atoms with E-state index in [0.29, 0.717) is 26.3 Å². The normalized spacial score (nSPS) is 19.1. The van der Waals surface area contributed by atoms with Crippen molar-refractivity contribution in [1.82, 2.24) is 19.9 Å². The van der Waals surface area contributed by atoms with Gasteiger partial charge in [0.2, 0.25) is 11.9 Å². The fourth-order valence-electron chi connectivity index (χ4n) is 4.81. The van der Waals surface area contributed by atoms with Crippen molar-refractivity contribution in [2.45, 2.75) is 53.1 Å². The number of anilines is 1. The van der Waals surface area contributed by atoms with Crippen LogP contribution in [0.4, 0.5) is 5.95 Å². The van der Waals surface area contributed by atoms with Gasteiger partial charge < -0.3 is 19.5 Å². The zero-order chi connectivity index (χ0) is 23.2. The SMILES string of the molecule is CCC(C)(C)C(=O)N1CCc2c(nc(N3CCOCC3C)nc2-c2c[nH]c3ccccc23)C1. The van der Waals surface area contributed by atoms with E-state index in [1.165, 1.54) is 0 Å². The third kappa shape index (κ3) is 3.88. The second-order valence-corrected chi connectivity index (χ2v) is 9.88. The van der Waals surface area contributed by atoms with E-state index in [9.17, 15) is 4.79 Å². The summed E-state index contributed by atoms with van der Waals surface area (Å²) in [5, 5.41) is 1.16. The van der Waals surface area contributed by atoms with Gasteiger partial charge in [0.05, 0.1) is 37.2 Å². The van der Waals surface area contributed by atoms with Crippen LogP contribution in [0.3, 0.4) is 0 Å². The van der Waals surface area contributed by atoms with Gasteiger partial charge in [-0.05, 0) is 25.8 Å². The molecule has 0 radical (unpaired) electrons. The third-order valence-electron chi connectivity index (χ3n) is 7.27. The van der Waals surface area contributed by atoms with E-state index >= 15 is 0 Å². The first-order chi connectivity index (χ1) is 15.9. The molecule has 5 rings (SSSR count). The highest BCUT2D eigenvalue weighted by molar-refractivity contribution is 5.95. The van der Waals surface area contributed by atoms with Crippen LogP contribution < -0.4 is 4.90 Å². The van der Waals surface area contributed by atoms with Crippen molar-refractivity contribution in [3.63, 3.8) is 0 Å². The maximum atomic E-state index is 13.2. The number of nitrogens with zero attached hydrogens (tertiary/aromatic N) is 4. The summed E-state index contributed by atoms with van der Waals surface area (Å²) in [6.45, 7) is 11.6. The van der Waals surface area contributed by atoms with Gasteiger partial charge in [0, 0.05) is 46.7 Å². The van der Waals surface area contributed by atoms with Gasteiger partial charge >= 0.3 is 0 Å². The molecule has 0 spiro atoms. The first kappa shape index (κ1) is 21.9. The molecule has 1 saturated heterocycles. The molecule has 1 amide bonds. The maximum absolute atomic E-state index is 13.2. The molecule has 7 nitrogen and oxygen atoms in total. The van der Waals surface area contributed by atoms with Gasteiger partial charge in [-0.15, -0.1) is 0 Å². The molecule has 3 aromatic rings. The van der Waals surface area contributed by atoms with E-state index in [4.69, 9.17) is 14.7 Å². The van der Waals surface area contributed by atoms with E-state index in [-0.39, 0.29) is 17.4 Å². The summed E-state index contributed by atoms with van der Waals surface area (Å²) in [6, 6.07) is 8.52. The predicted molar refractivity (Wildman–Crippen MR) is 130 cm³/mol. The Morgan fingerprint density at radius 2 is 2.06 bits per heavy atom. The molecule has 0 bridgehead atoms. The van der Waals surface area contributed by atoms with Gasteiger partial charge in [0.1, 0.15) is 0 Å². The highest BCUT2D eigenvalue weighted by atomic mass is 16.5. The van der Waals surface area contributed by atoms with Crippen molar-refractivity contribution >= 4 is 22.8 Å². The molecule has 1 unspecified atom stereocenters. The highest BCUT2D eigenvalue weighted by Crippen LogP contribution is 2.36. The average molecular weight is 448 g/mol. The summed E-state index contributed by atoms with van der Waals surface area (Å²) in [4.78, 5) is 31.0. The Morgan fingerprint density at radius 3 is 2.85 bits per heavy atom. The minimum absolute atomic E-state index is 0.198. The van der Waals surface area contributed by atoms with E-state index in [0.717, 1.165) is 58.8 Å². The van der Waals surface area contributed by atoms with Crippen LogP contribution in [0, 0.1) is 5.41 Å². The summed E-state index contributed by atoms with van der Waals surface area (Å²) >= 11 is 0. The molecule has 2 aliphatic heterocycles. The molecule has 0 saturated carbocycles. The van der Waals surface area contributed by atoms with E-state index in [1.807, 2.05) is 24.8 Å². The number of rotatable bonds is 4. The number of morpholine rings is 1. The van der Waals surface area contributed by atoms with Crippen molar-refractivity contribution in [2.75, 3.05) is 31.2 Å². The number of aromatic amines is 1. The molecule has 2 aromatic heterocycles. The van der Waals surface area contributed by atoms with Gasteiger partial charge in [0.25, 0.3) is 0 Å². The zero-order valence-corrected chi connectivity index (χ0v) is 20.0. The Hall–Kier alpha value is -2.93. The zero-order valence-electron chi connectivity index (χ0n) is 20.0. The smallest absolute Gasteiger partial charge is 0.228 e. The van der Waals surface area contributed by atoms with Crippen LogP contribution in [0.5, 0.6) is 0 Å². The molecule has 174 valence electrons. The predicted octanol–water partition coefficient (Wildman–Crippen LogP) is 4.17. The summed E-state index contributed by atoms with van der Waals surface area (Å²) in [6.07, 6.45) is 3.63. The largest absolute Gasteiger partial charge is 0.377 e. The Labute approximate surface area is 195 Å². The van der Waals surface area contributed by atoms with Crippen molar-refractivity contribution in [2.24, 2.45) is 5.41 Å². The minimum atomic E-state index is -0.369. The van der Waals surface area contributed by atoms with Crippen LogP contribution in [0.25, 0.3) is 22.2 Å². The van der Waals surface area contributed by atoms with Crippen LogP contribution in [-0.2, 0) is 22.5 Å². The van der Waals surface area contributed by atoms with Crippen LogP contribution in [0.2, 0.25) is 0 Å². The Morgan fingerprint density at radius 1 is 1.24 bits per heavy atom. The molecule has 33 heavy (non-hydrogen) atoms. The van der Waals surface area contributed by atoms with Gasteiger partial charge in [-0.25, -0.2) is 9.97 Å². The second-order valence-electron chi connectivity index (χ2n) is 9.88. The van der Waals surface area contributed by atoms with Crippen molar-refractivity contribution < 1.29 is 9.53 Å². The monoisotopic (exact) mass is 447 g/mol. The van der Waals surface area contributed by atoms with Gasteiger partial charge in [-0.1, -0.05) is 39.0 Å². The average Bonchev–Trinajstić information content (AvgIpc) is 3.27. The van der Waals surface area contributed by atoms with Gasteiger partial charge in [-0.3, -0.25) is 4.79 Å². The number of amides is 1. The minimum Gasteiger partial charge on any atom is -0.377 e. The lowest BCUT2D eigenvalue weighted by molar-refractivity contribution is -0.141. The summed E-state index contributed by atoms with van der Waals surface area (Å²) in [7, 11) is 0. The second kappa shape index (κ2) is 8.45. The maximum Gasteiger partial charge on any atom is 0.228 e. The number of carbonyl (C=O) groups is 1. The van der Waals surface area contributed by atoms with Crippen LogP contribution in [0.15, 0.2) is 30.5 Å². The lowest BCUT2D eigenvalue weighted by Gasteiger charge is -2.37. The van der Waals surface area contributed by atoms with Gasteiger partial charge in [0.15, 0.2) is 0 Å². The van der Waals surface area contributed by atoms with E-state index < -0.39 is 0 Å². The Balaban J connectivity index is 1.62. The molecule has 1 atom stereocenters. The Kier molecular flexibility index (Phi) is 5.60. The number of para-hydroxylation sites is 1. The Bertz CT molecular complexity index is 1180. The first-order valence-electron chi connectivity index (χ1n) is 12.0. The number of hydrogen-bond donors (Lipinski definition) is 1. The molecule has 7 heteroatoms. The molecule has 1 aromatic carbocycles. The molecular formula is C26H33N5O2. The number of benzene rings is 1. The molecule has 0 aliphatic carbocycles. The van der Waals surface area contributed by atoms with E-state index in [2.05, 4.69) is 48.1 Å². The molecule has 1 fully saturated rings. The van der Waals surface area contributed by atoms with E-state index in [1.54, 1.807) is 0 Å². The van der Waals surface area contributed by atoms with Crippen LogP contribution >= 0.6 is 0 Å². The number of fused-ring (bicyclic) bond motifs is 2. The standard InChI is InChI=1S/C26H33N5O2/c1-5-26(3,4)24(32)30-11-10-19-22(15-30)28-25(31-12-13-33-16-17(31)2)29-23(19)20-14-27-21-9-7-6-8-18(20)21/h6-9,14,17,27H,5,10-13,15-16H2,1-4H3. The number of H-pyrrole nitrogens is 1. The van der Waals surface area contributed by atoms with Crippen LogP contribution in [-0.4, -0.2) is 58.1 Å². The number of aromatic nitrogens is 3. The lowest BCUT2D eigenvalue weighted by Crippen LogP contribution is -2.46. The number of ether oxygens (including phenoxy) is 1. The fourth-order valence-corrected chi connectivity index (χ4v) is 4.81. The van der Waals surface area contributed by atoms with Crippen molar-refractivity contribution in [1.29, 1.82) is 0 Å².